The van der Waals surface area contributed by atoms with Gasteiger partial charge in [0.05, 0.1) is 17.3 Å². The van der Waals surface area contributed by atoms with Gasteiger partial charge in [-0.2, -0.15) is 17.7 Å². The number of fused-ring (bicyclic) bond motifs is 1. The minimum absolute atomic E-state index is 0.203. The first-order valence-corrected chi connectivity index (χ1v) is 13.3. The fraction of sp³-hybridized carbons (Fsp3) is 0.310. The van der Waals surface area contributed by atoms with Gasteiger partial charge in [-0.15, -0.1) is 0 Å². The van der Waals surface area contributed by atoms with Gasteiger partial charge in [0, 0.05) is 48.8 Å². The minimum atomic E-state index is -0.642. The molecule has 1 saturated heterocycles. The lowest BCUT2D eigenvalue weighted by molar-refractivity contribution is 0.0807. The molecule has 1 aliphatic heterocycles. The molecule has 0 aliphatic carbocycles. The second-order valence-corrected chi connectivity index (χ2v) is 9.08. The molecule has 5 rings (SSSR count). The van der Waals surface area contributed by atoms with E-state index < -0.39 is 17.7 Å². The summed E-state index contributed by atoms with van der Waals surface area (Å²) in [4.78, 5) is 4.84. The summed E-state index contributed by atoms with van der Waals surface area (Å²) in [7, 11) is 1.83. The van der Waals surface area contributed by atoms with Crippen molar-refractivity contribution < 1.29 is 13.5 Å². The summed E-state index contributed by atoms with van der Waals surface area (Å²) in [6.07, 6.45) is 3.69. The molecule has 0 amide bonds. The van der Waals surface area contributed by atoms with Crippen LogP contribution in [0.3, 0.4) is 0 Å². The third-order valence-corrected chi connectivity index (χ3v) is 6.46. The Labute approximate surface area is 226 Å². The maximum absolute atomic E-state index is 13.8. The minimum Gasteiger partial charge on any atom is -0.382 e. The molecule has 38 heavy (non-hydrogen) atoms. The number of nitrogens with zero attached hydrogens (tertiary/aromatic N) is 3. The number of hydrogen-bond acceptors (Lipinski definition) is 6. The summed E-state index contributed by atoms with van der Waals surface area (Å²) >= 11 is 3.53. The standard InChI is InChI=1S/C28H27F2N5O.CH4S/c1-35-27-23(3-2-4-24(27)28(32)34-35)22-8-7-21(6-5-17-9-11-36-12-10-17)33-26(22)25(31)15-18-13-19(29)16-20(30)14-18;1-2/h2-4,7-8,13-14,16-17,25H,9-12,15,31H2,1H3,(H2,32,34);2H,1H3. The molecule has 1 fully saturated rings. The van der Waals surface area contributed by atoms with Gasteiger partial charge in [0.25, 0.3) is 0 Å². The van der Waals surface area contributed by atoms with Crippen molar-refractivity contribution in [3.8, 4) is 23.0 Å². The molecule has 9 heteroatoms. The van der Waals surface area contributed by atoms with E-state index in [-0.39, 0.29) is 12.3 Å². The van der Waals surface area contributed by atoms with Crippen LogP contribution in [0, 0.1) is 29.4 Å². The van der Waals surface area contributed by atoms with Crippen molar-refractivity contribution in [1.29, 1.82) is 0 Å². The number of anilines is 1. The van der Waals surface area contributed by atoms with Gasteiger partial charge in [-0.1, -0.05) is 18.1 Å². The van der Waals surface area contributed by atoms with Crippen LogP contribution in [0.1, 0.15) is 35.8 Å². The number of thiol groups is 1. The summed E-state index contributed by atoms with van der Waals surface area (Å²) < 4.78 is 34.8. The number of nitrogen functional groups attached to an aromatic ring is 1. The van der Waals surface area contributed by atoms with Crippen LogP contribution >= 0.6 is 12.6 Å². The Balaban J connectivity index is 0.00000164. The number of pyridine rings is 1. The SMILES string of the molecule is CS.Cn1nc(N)c2cccc(-c3ccc(C#CC4CCOCC4)nc3C(N)Cc3cc(F)cc(F)c3)c21. The number of aryl methyl sites for hydroxylation is 1. The molecular weight excluding hydrogens is 504 g/mol. The van der Waals surface area contributed by atoms with Crippen LogP contribution in [0.5, 0.6) is 0 Å². The van der Waals surface area contributed by atoms with E-state index >= 15 is 0 Å². The number of nitrogens with two attached hydrogens (primary N) is 2. The number of rotatable bonds is 4. The molecule has 2 aromatic carbocycles. The molecule has 0 saturated carbocycles. The second-order valence-electron chi connectivity index (χ2n) is 9.08. The zero-order chi connectivity index (χ0) is 27.2. The van der Waals surface area contributed by atoms with Gasteiger partial charge in [0.2, 0.25) is 0 Å². The maximum atomic E-state index is 13.8. The Morgan fingerprint density at radius 1 is 1.08 bits per heavy atom. The van der Waals surface area contributed by atoms with Gasteiger partial charge in [-0.25, -0.2) is 13.8 Å². The van der Waals surface area contributed by atoms with Gasteiger partial charge in [-0.05, 0) is 67.3 Å². The number of hydrogen-bond donors (Lipinski definition) is 3. The number of para-hydroxylation sites is 1. The number of halogens is 2. The van der Waals surface area contributed by atoms with E-state index in [1.165, 1.54) is 12.1 Å². The van der Waals surface area contributed by atoms with Crippen LogP contribution in [0.4, 0.5) is 14.6 Å². The molecular formula is C29H31F2N5OS. The van der Waals surface area contributed by atoms with Gasteiger partial charge in [-0.3, -0.25) is 4.68 Å². The normalized spacial score (nSPS) is 14.4. The van der Waals surface area contributed by atoms with Crippen molar-refractivity contribution in [2.24, 2.45) is 18.7 Å². The molecule has 4 N–H and O–H groups in total. The molecule has 1 atom stereocenters. The highest BCUT2D eigenvalue weighted by Gasteiger charge is 2.20. The molecule has 1 unspecified atom stereocenters. The largest absolute Gasteiger partial charge is 0.382 e. The molecule has 1 aliphatic rings. The van der Waals surface area contributed by atoms with Gasteiger partial charge in [0.1, 0.15) is 17.3 Å². The van der Waals surface area contributed by atoms with Gasteiger partial charge < -0.3 is 16.2 Å². The van der Waals surface area contributed by atoms with Crippen LogP contribution in [0.25, 0.3) is 22.0 Å². The molecule has 4 aromatic rings. The molecule has 3 heterocycles. The topological polar surface area (TPSA) is 92.0 Å². The fourth-order valence-electron chi connectivity index (χ4n) is 4.73. The van der Waals surface area contributed by atoms with Crippen LogP contribution in [0.2, 0.25) is 0 Å². The summed E-state index contributed by atoms with van der Waals surface area (Å²) in [5.41, 5.74) is 16.9. The summed E-state index contributed by atoms with van der Waals surface area (Å²) in [5.74, 6) is 5.91. The van der Waals surface area contributed by atoms with Crippen molar-refractivity contribution >= 4 is 29.3 Å². The van der Waals surface area contributed by atoms with E-state index in [0.717, 1.165) is 40.9 Å². The maximum Gasteiger partial charge on any atom is 0.153 e. The first-order chi connectivity index (χ1) is 18.4. The highest BCUT2D eigenvalue weighted by Crippen LogP contribution is 2.35. The predicted molar refractivity (Wildman–Crippen MR) is 151 cm³/mol. The molecule has 198 valence electrons. The van der Waals surface area contributed by atoms with E-state index in [9.17, 15) is 8.78 Å². The van der Waals surface area contributed by atoms with Crippen LogP contribution in [-0.2, 0) is 18.2 Å². The quantitative estimate of drug-likeness (QED) is 0.251. The van der Waals surface area contributed by atoms with Crippen LogP contribution in [-0.4, -0.2) is 34.2 Å². The van der Waals surface area contributed by atoms with Crippen molar-refractivity contribution in [1.82, 2.24) is 14.8 Å². The van der Waals surface area contributed by atoms with E-state index in [1.807, 2.05) is 37.4 Å². The third kappa shape index (κ3) is 6.16. The Morgan fingerprint density at radius 3 is 2.50 bits per heavy atom. The zero-order valence-electron chi connectivity index (χ0n) is 21.4. The first kappa shape index (κ1) is 27.6. The highest BCUT2D eigenvalue weighted by molar-refractivity contribution is 7.79. The van der Waals surface area contributed by atoms with E-state index in [1.54, 1.807) is 10.9 Å². The fourth-order valence-corrected chi connectivity index (χ4v) is 4.73. The van der Waals surface area contributed by atoms with Crippen molar-refractivity contribution in [2.45, 2.75) is 25.3 Å². The molecule has 0 radical (unpaired) electrons. The molecule has 2 aromatic heterocycles. The first-order valence-electron chi connectivity index (χ1n) is 12.4. The number of aromatic nitrogens is 3. The molecule has 0 bridgehead atoms. The number of benzene rings is 2. The summed E-state index contributed by atoms with van der Waals surface area (Å²) in [5, 5.41) is 5.19. The van der Waals surface area contributed by atoms with E-state index in [0.29, 0.717) is 36.0 Å². The van der Waals surface area contributed by atoms with E-state index in [2.05, 4.69) is 29.6 Å². The summed E-state index contributed by atoms with van der Waals surface area (Å²) in [6.45, 7) is 1.42. The zero-order valence-corrected chi connectivity index (χ0v) is 22.3. The van der Waals surface area contributed by atoms with Gasteiger partial charge >= 0.3 is 0 Å². The van der Waals surface area contributed by atoms with Crippen molar-refractivity contribution in [3.05, 3.63) is 77.1 Å². The van der Waals surface area contributed by atoms with E-state index in [4.69, 9.17) is 21.2 Å². The van der Waals surface area contributed by atoms with Crippen molar-refractivity contribution in [3.63, 3.8) is 0 Å². The monoisotopic (exact) mass is 535 g/mol. The Morgan fingerprint density at radius 2 is 1.79 bits per heavy atom. The smallest absolute Gasteiger partial charge is 0.153 e. The second kappa shape index (κ2) is 12.4. The Hall–Kier alpha value is -3.45. The lowest BCUT2D eigenvalue weighted by Crippen LogP contribution is -2.17. The highest BCUT2D eigenvalue weighted by atomic mass is 32.1. The lowest BCUT2D eigenvalue weighted by atomic mass is 9.94. The van der Waals surface area contributed by atoms with Crippen LogP contribution < -0.4 is 11.5 Å². The number of ether oxygens (including phenoxy) is 1. The molecule has 0 spiro atoms. The average Bonchev–Trinajstić information content (AvgIpc) is 3.22. The Kier molecular flexibility index (Phi) is 9.00. The Bertz CT molecular complexity index is 1470. The van der Waals surface area contributed by atoms with Crippen molar-refractivity contribution in [2.75, 3.05) is 25.2 Å². The molecule has 6 nitrogen and oxygen atoms in total. The third-order valence-electron chi connectivity index (χ3n) is 6.46. The van der Waals surface area contributed by atoms with Gasteiger partial charge in [0.15, 0.2) is 5.82 Å². The predicted octanol–water partition coefficient (Wildman–Crippen LogP) is 5.06. The summed E-state index contributed by atoms with van der Waals surface area (Å²) in [6, 6.07) is 12.4. The lowest BCUT2D eigenvalue weighted by Gasteiger charge is -2.18. The van der Waals surface area contributed by atoms with Crippen LogP contribution in [0.15, 0.2) is 48.5 Å². The average molecular weight is 536 g/mol.